The monoisotopic (exact) mass is 1440 g/mol. The first-order valence-electron chi connectivity index (χ1n) is 36.6. The molecule has 0 unspecified atom stereocenters. The van der Waals surface area contributed by atoms with E-state index in [2.05, 4.69) is 152 Å². The minimum absolute atomic E-state index is 0.631. The molecule has 0 atom stereocenters. The third-order valence-corrected chi connectivity index (χ3v) is 20.8. The summed E-state index contributed by atoms with van der Waals surface area (Å²) in [6, 6.07) is 130. The van der Waals surface area contributed by atoms with Gasteiger partial charge in [-0.1, -0.05) is 340 Å². The Morgan fingerprint density at radius 1 is 0.162 bits per heavy atom. The topological polar surface area (TPSA) is 142 Å². The zero-order valence-corrected chi connectivity index (χ0v) is 60.4. The number of thiophene rings is 1. The second-order valence-electron chi connectivity index (χ2n) is 26.7. The van der Waals surface area contributed by atoms with Crippen molar-refractivity contribution in [3.63, 3.8) is 0 Å². The Bertz CT molecular complexity index is 6760. The largest absolute Gasteiger partial charge is 0.455 e. The molecule has 0 saturated carbocycles. The van der Waals surface area contributed by atoms with E-state index < -0.39 is 0 Å². The number of furan rings is 2. The van der Waals surface area contributed by atoms with Crippen LogP contribution in [0.5, 0.6) is 0 Å². The van der Waals surface area contributed by atoms with Gasteiger partial charge in [-0.15, -0.1) is 11.3 Å². The van der Waals surface area contributed by atoms with Gasteiger partial charge in [0.25, 0.3) is 0 Å². The highest BCUT2D eigenvalue weighted by Gasteiger charge is 2.20. The molecule has 0 radical (unpaired) electrons. The summed E-state index contributed by atoms with van der Waals surface area (Å²) in [5, 5.41) is 7.07. The maximum absolute atomic E-state index is 6.30. The van der Waals surface area contributed by atoms with E-state index in [0.29, 0.717) is 52.4 Å². The second-order valence-corrected chi connectivity index (χ2v) is 27.8. The average molecular weight is 1440 g/mol. The van der Waals surface area contributed by atoms with E-state index in [1.807, 2.05) is 242 Å². The molecule has 0 bridgehead atoms. The molecule has 21 rings (SSSR count). The van der Waals surface area contributed by atoms with Gasteiger partial charge >= 0.3 is 0 Å². The summed E-state index contributed by atoms with van der Waals surface area (Å²) in [6.45, 7) is 0. The Labute approximate surface area is 643 Å². The van der Waals surface area contributed by atoms with Crippen molar-refractivity contribution in [1.82, 2.24) is 44.9 Å². The fraction of sp³-hybridized carbons (Fsp3) is 0. The molecule has 522 valence electrons. The molecule has 0 fully saturated rings. The molecular weight excluding hydrogens is 1380 g/mol. The minimum Gasteiger partial charge on any atom is -0.455 e. The molecular formula is C99H63N9O2S. The number of aromatic nitrogens is 9. The summed E-state index contributed by atoms with van der Waals surface area (Å²) < 4.78 is 15.2. The van der Waals surface area contributed by atoms with Gasteiger partial charge in [-0.05, 0) is 64.7 Å². The number of rotatable bonds is 12. The summed E-state index contributed by atoms with van der Waals surface area (Å²) in [6.07, 6.45) is 0. The second kappa shape index (κ2) is 29.8. The van der Waals surface area contributed by atoms with Crippen molar-refractivity contribution in [2.45, 2.75) is 0 Å². The summed E-state index contributed by atoms with van der Waals surface area (Å²) in [5.41, 5.74) is 18.7. The first-order chi connectivity index (χ1) is 55.0. The number of hydrogen-bond donors (Lipinski definition) is 0. The predicted octanol–water partition coefficient (Wildman–Crippen LogP) is 25.8. The van der Waals surface area contributed by atoms with Gasteiger partial charge in [0.15, 0.2) is 52.4 Å². The van der Waals surface area contributed by atoms with Crippen LogP contribution < -0.4 is 0 Å². The molecule has 0 aliphatic carbocycles. The van der Waals surface area contributed by atoms with Crippen LogP contribution in [-0.2, 0) is 0 Å². The van der Waals surface area contributed by atoms with Gasteiger partial charge in [0.1, 0.15) is 22.3 Å². The zero-order chi connectivity index (χ0) is 73.8. The molecule has 15 aromatic carbocycles. The molecule has 0 saturated heterocycles. The lowest BCUT2D eigenvalue weighted by Crippen LogP contribution is -2.00. The van der Waals surface area contributed by atoms with E-state index in [1.165, 1.54) is 25.7 Å². The maximum Gasteiger partial charge on any atom is 0.164 e. The lowest BCUT2D eigenvalue weighted by molar-refractivity contribution is 0.669. The van der Waals surface area contributed by atoms with E-state index in [1.54, 1.807) is 0 Å². The van der Waals surface area contributed by atoms with Crippen molar-refractivity contribution in [2.24, 2.45) is 0 Å². The molecule has 6 aromatic heterocycles. The third-order valence-electron chi connectivity index (χ3n) is 19.6. The molecule has 111 heavy (non-hydrogen) atoms. The van der Waals surface area contributed by atoms with Gasteiger partial charge in [-0.25, -0.2) is 44.9 Å². The first-order valence-corrected chi connectivity index (χ1v) is 37.5. The highest BCUT2D eigenvalue weighted by atomic mass is 32.1. The molecule has 11 nitrogen and oxygen atoms in total. The lowest BCUT2D eigenvalue weighted by atomic mass is 10.00. The summed E-state index contributed by atoms with van der Waals surface area (Å²) in [4.78, 5) is 43.7. The molecule has 6 heterocycles. The average Bonchev–Trinajstić information content (AvgIpc) is 1.42. The summed E-state index contributed by atoms with van der Waals surface area (Å²) in [7, 11) is 0. The van der Waals surface area contributed by atoms with Crippen molar-refractivity contribution in [2.75, 3.05) is 0 Å². The quantitative estimate of drug-likeness (QED) is 0.115. The number of fused-ring (bicyclic) bond motifs is 9. The Balaban J connectivity index is 0.000000112. The first kappa shape index (κ1) is 66.8. The fourth-order valence-electron chi connectivity index (χ4n) is 14.1. The van der Waals surface area contributed by atoms with Crippen LogP contribution in [0.15, 0.2) is 391 Å². The van der Waals surface area contributed by atoms with Gasteiger partial charge in [0.2, 0.25) is 0 Å². The van der Waals surface area contributed by atoms with E-state index in [0.717, 1.165) is 122 Å². The summed E-state index contributed by atoms with van der Waals surface area (Å²) in [5.74, 6) is 5.87. The van der Waals surface area contributed by atoms with Crippen LogP contribution >= 0.6 is 11.3 Å². The number of nitrogens with zero attached hydrogens (tertiary/aromatic N) is 9. The normalized spacial score (nSPS) is 11.2. The van der Waals surface area contributed by atoms with Gasteiger partial charge in [0, 0.05) is 103 Å². The van der Waals surface area contributed by atoms with Crippen LogP contribution in [0.1, 0.15) is 0 Å². The molecule has 0 spiro atoms. The van der Waals surface area contributed by atoms with E-state index in [9.17, 15) is 0 Å². The standard InChI is InChI=1S/2C33H21N3O.C33H21N3S/c1-3-11-22(12-4-1)31-34-32(23-13-5-2-6-14-23)36-33(35-31)25-16-9-15-24(21-25)26-18-10-19-28-27-17-7-8-20-29(27)37-30(26)28;1-3-10-23(11-4-1)31-34-32(24-12-5-2-6-13-24)36-33(35-31)25-20-18-22(19-21-25)26-15-9-16-28-27-14-7-8-17-29(27)37-30(26)28;1-3-10-22(11-4-1)31-34-32(23-12-5-2-6-13-23)36-33(35-31)26-15-9-14-24(20-26)25-18-19-30-28(21-25)27-16-7-8-17-29(27)37-30/h3*1-21H. The van der Waals surface area contributed by atoms with Crippen molar-refractivity contribution >= 4 is 75.4 Å². The predicted molar refractivity (Wildman–Crippen MR) is 452 cm³/mol. The molecule has 0 N–H and O–H groups in total. The van der Waals surface area contributed by atoms with Crippen LogP contribution in [0.3, 0.4) is 0 Å². The van der Waals surface area contributed by atoms with Crippen molar-refractivity contribution in [1.29, 1.82) is 0 Å². The Hall–Kier alpha value is -14.9. The van der Waals surface area contributed by atoms with Gasteiger partial charge < -0.3 is 8.83 Å². The Kier molecular flexibility index (Phi) is 18.0. The maximum atomic E-state index is 6.30. The minimum atomic E-state index is 0.631. The van der Waals surface area contributed by atoms with E-state index in [4.69, 9.17) is 53.7 Å². The molecule has 12 heteroatoms. The highest BCUT2D eigenvalue weighted by molar-refractivity contribution is 7.25. The number of hydrogen-bond acceptors (Lipinski definition) is 12. The SMILES string of the molecule is c1ccc(-c2nc(-c3ccccc3)nc(-c3ccc(-c4cccc5c4oc4ccccc45)cc3)n2)cc1.c1ccc(-c2nc(-c3ccccc3)nc(-c3cccc(-c4ccc5sc6ccccc6c5c4)c3)n2)cc1.c1ccc(-c2nc(-c3ccccc3)nc(-c3cccc(-c4cccc5c4oc4ccccc45)c3)n2)cc1. The molecule has 21 aromatic rings. The third kappa shape index (κ3) is 13.7. The zero-order valence-electron chi connectivity index (χ0n) is 59.6. The van der Waals surface area contributed by atoms with Crippen LogP contribution in [0, 0.1) is 0 Å². The number of para-hydroxylation sites is 4. The fourth-order valence-corrected chi connectivity index (χ4v) is 15.2. The molecule has 0 amide bonds. The van der Waals surface area contributed by atoms with Gasteiger partial charge in [-0.3, -0.25) is 0 Å². The lowest BCUT2D eigenvalue weighted by Gasteiger charge is -2.10. The van der Waals surface area contributed by atoms with Crippen molar-refractivity contribution < 1.29 is 8.83 Å². The highest BCUT2D eigenvalue weighted by Crippen LogP contribution is 2.41. The summed E-state index contributed by atoms with van der Waals surface area (Å²) >= 11 is 1.84. The molecule has 0 aliphatic heterocycles. The van der Waals surface area contributed by atoms with E-state index in [-0.39, 0.29) is 0 Å². The van der Waals surface area contributed by atoms with Crippen LogP contribution in [0.4, 0.5) is 0 Å². The van der Waals surface area contributed by atoms with Crippen LogP contribution in [0.25, 0.3) is 200 Å². The van der Waals surface area contributed by atoms with Crippen molar-refractivity contribution in [3.05, 3.63) is 382 Å². The van der Waals surface area contributed by atoms with Gasteiger partial charge in [0.05, 0.1) is 0 Å². The Morgan fingerprint density at radius 2 is 0.423 bits per heavy atom. The number of benzene rings is 15. The van der Waals surface area contributed by atoms with Crippen LogP contribution in [0.2, 0.25) is 0 Å². The van der Waals surface area contributed by atoms with Crippen LogP contribution in [-0.4, -0.2) is 44.9 Å². The molecule has 0 aliphatic rings. The van der Waals surface area contributed by atoms with Gasteiger partial charge in [-0.2, -0.15) is 0 Å². The Morgan fingerprint density at radius 3 is 0.838 bits per heavy atom. The van der Waals surface area contributed by atoms with Crippen molar-refractivity contribution in [3.8, 4) is 136 Å². The smallest absolute Gasteiger partial charge is 0.164 e. The van der Waals surface area contributed by atoms with E-state index >= 15 is 0 Å².